The third kappa shape index (κ3) is 3.02. The minimum Gasteiger partial charge on any atom is -0.396 e. The van der Waals surface area contributed by atoms with Gasteiger partial charge in [-0.1, -0.05) is 6.42 Å². The Hall–Kier alpha value is -0.370. The van der Waals surface area contributed by atoms with E-state index in [-0.39, 0.29) is 6.61 Å². The number of aliphatic hydroxyl groups excluding tert-OH is 1. The van der Waals surface area contributed by atoms with E-state index in [0.29, 0.717) is 18.1 Å². The van der Waals surface area contributed by atoms with Crippen molar-refractivity contribution < 1.29 is 9.90 Å². The van der Waals surface area contributed by atoms with Crippen molar-refractivity contribution in [3.63, 3.8) is 0 Å². The predicted octanol–water partition coefficient (Wildman–Crippen LogP) is 1.52. The fourth-order valence-electron chi connectivity index (χ4n) is 1.71. The van der Waals surface area contributed by atoms with E-state index in [2.05, 4.69) is 0 Å². The van der Waals surface area contributed by atoms with Gasteiger partial charge in [-0.25, -0.2) is 0 Å². The Kier molecular flexibility index (Phi) is 3.57. The number of hydrogen-bond donors (Lipinski definition) is 1. The number of carbonyl (C=O) groups excluding carboxylic acids is 1. The van der Waals surface area contributed by atoms with E-state index in [4.69, 9.17) is 5.11 Å². The Labute approximate surface area is 67.6 Å². The predicted molar refractivity (Wildman–Crippen MR) is 43.3 cm³/mol. The van der Waals surface area contributed by atoms with E-state index in [1.54, 1.807) is 0 Å². The van der Waals surface area contributed by atoms with Gasteiger partial charge in [0, 0.05) is 19.4 Å². The molecule has 2 nitrogen and oxygen atoms in total. The van der Waals surface area contributed by atoms with Crippen molar-refractivity contribution in [1.82, 2.24) is 0 Å². The summed E-state index contributed by atoms with van der Waals surface area (Å²) in [4.78, 5) is 11.1. The minimum absolute atomic E-state index is 0.234. The molecule has 0 aromatic heterocycles. The van der Waals surface area contributed by atoms with Crippen LogP contribution in [-0.4, -0.2) is 17.5 Å². The molecule has 0 heterocycles. The van der Waals surface area contributed by atoms with Crippen molar-refractivity contribution in [1.29, 1.82) is 0 Å². The molecule has 64 valence electrons. The van der Waals surface area contributed by atoms with Crippen LogP contribution in [0.15, 0.2) is 0 Å². The molecule has 0 bridgehead atoms. The van der Waals surface area contributed by atoms with Gasteiger partial charge in [-0.05, 0) is 25.2 Å². The van der Waals surface area contributed by atoms with Crippen molar-refractivity contribution in [2.45, 2.75) is 38.5 Å². The van der Waals surface area contributed by atoms with Gasteiger partial charge in [0.05, 0.1) is 0 Å². The van der Waals surface area contributed by atoms with Gasteiger partial charge in [0.1, 0.15) is 5.78 Å². The largest absolute Gasteiger partial charge is 0.396 e. The van der Waals surface area contributed by atoms with Crippen LogP contribution in [0.3, 0.4) is 0 Å². The van der Waals surface area contributed by atoms with Gasteiger partial charge < -0.3 is 5.11 Å². The topological polar surface area (TPSA) is 37.3 Å². The molecule has 0 radical (unpaired) electrons. The third-order valence-electron chi connectivity index (χ3n) is 2.37. The van der Waals surface area contributed by atoms with Crippen molar-refractivity contribution in [3.8, 4) is 0 Å². The third-order valence-corrected chi connectivity index (χ3v) is 2.37. The summed E-state index contributed by atoms with van der Waals surface area (Å²) < 4.78 is 0. The summed E-state index contributed by atoms with van der Waals surface area (Å²) >= 11 is 0. The maximum absolute atomic E-state index is 11.1. The average Bonchev–Trinajstić information content (AvgIpc) is 2.15. The molecule has 1 saturated carbocycles. The maximum atomic E-state index is 11.1. The van der Waals surface area contributed by atoms with Crippen LogP contribution in [0.2, 0.25) is 0 Å². The maximum Gasteiger partial charge on any atom is 0.133 e. The van der Waals surface area contributed by atoms with Crippen LogP contribution in [0.1, 0.15) is 38.5 Å². The Morgan fingerprint density at radius 3 is 3.00 bits per heavy atom. The normalized spacial score (nSPS) is 26.6. The Morgan fingerprint density at radius 2 is 2.27 bits per heavy atom. The van der Waals surface area contributed by atoms with E-state index in [1.807, 2.05) is 0 Å². The summed E-state index contributed by atoms with van der Waals surface area (Å²) in [6.07, 6.45) is 5.64. The summed E-state index contributed by atoms with van der Waals surface area (Å²) in [5, 5.41) is 8.69. The van der Waals surface area contributed by atoms with Gasteiger partial charge >= 0.3 is 0 Å². The highest BCUT2D eigenvalue weighted by Gasteiger charge is 2.16. The first kappa shape index (κ1) is 8.72. The zero-order chi connectivity index (χ0) is 8.10. The van der Waals surface area contributed by atoms with E-state index in [1.165, 1.54) is 0 Å². The van der Waals surface area contributed by atoms with E-state index in [9.17, 15) is 4.79 Å². The SMILES string of the molecule is O=C1CCCC[C@H](CCO)C1. The highest BCUT2D eigenvalue weighted by Crippen LogP contribution is 2.22. The average molecular weight is 156 g/mol. The number of hydrogen-bond acceptors (Lipinski definition) is 2. The molecule has 0 unspecified atom stereocenters. The Morgan fingerprint density at radius 1 is 1.45 bits per heavy atom. The summed E-state index contributed by atoms with van der Waals surface area (Å²) in [5.41, 5.74) is 0. The summed E-state index contributed by atoms with van der Waals surface area (Å²) in [5.74, 6) is 0.857. The first-order valence-corrected chi connectivity index (χ1v) is 4.45. The van der Waals surface area contributed by atoms with Crippen LogP contribution < -0.4 is 0 Å². The van der Waals surface area contributed by atoms with E-state index >= 15 is 0 Å². The summed E-state index contributed by atoms with van der Waals surface area (Å²) in [7, 11) is 0. The van der Waals surface area contributed by atoms with Crippen LogP contribution >= 0.6 is 0 Å². The second-order valence-electron chi connectivity index (χ2n) is 3.37. The molecule has 0 aromatic carbocycles. The van der Waals surface area contributed by atoms with Crippen LogP contribution in [0, 0.1) is 5.92 Å². The second-order valence-corrected chi connectivity index (χ2v) is 3.37. The van der Waals surface area contributed by atoms with Crippen LogP contribution in [0.4, 0.5) is 0 Å². The lowest BCUT2D eigenvalue weighted by molar-refractivity contribution is -0.119. The molecule has 0 amide bonds. The Bertz CT molecular complexity index is 132. The van der Waals surface area contributed by atoms with Crippen molar-refractivity contribution >= 4 is 5.78 Å². The molecule has 0 aliphatic heterocycles. The molecule has 1 aliphatic rings. The zero-order valence-corrected chi connectivity index (χ0v) is 6.88. The van der Waals surface area contributed by atoms with Crippen molar-refractivity contribution in [2.24, 2.45) is 5.92 Å². The van der Waals surface area contributed by atoms with Crippen LogP contribution in [0.5, 0.6) is 0 Å². The lowest BCUT2D eigenvalue weighted by Crippen LogP contribution is -2.06. The number of carbonyl (C=O) groups is 1. The van der Waals surface area contributed by atoms with Crippen molar-refractivity contribution in [3.05, 3.63) is 0 Å². The smallest absolute Gasteiger partial charge is 0.133 e. The monoisotopic (exact) mass is 156 g/mol. The van der Waals surface area contributed by atoms with Gasteiger partial charge in [-0.2, -0.15) is 0 Å². The first-order valence-electron chi connectivity index (χ1n) is 4.45. The van der Waals surface area contributed by atoms with Gasteiger partial charge in [-0.15, -0.1) is 0 Å². The van der Waals surface area contributed by atoms with Gasteiger partial charge in [0.25, 0.3) is 0 Å². The molecule has 1 fully saturated rings. The van der Waals surface area contributed by atoms with E-state index < -0.39 is 0 Å². The van der Waals surface area contributed by atoms with Crippen LogP contribution in [-0.2, 0) is 4.79 Å². The summed E-state index contributed by atoms with van der Waals surface area (Å²) in [6.45, 7) is 0.234. The highest BCUT2D eigenvalue weighted by molar-refractivity contribution is 5.78. The van der Waals surface area contributed by atoms with Crippen molar-refractivity contribution in [2.75, 3.05) is 6.61 Å². The molecule has 2 heteroatoms. The number of aliphatic hydroxyl groups is 1. The molecule has 1 rings (SSSR count). The summed E-state index contributed by atoms with van der Waals surface area (Å²) in [6, 6.07) is 0. The lowest BCUT2D eigenvalue weighted by atomic mass is 9.97. The molecule has 11 heavy (non-hydrogen) atoms. The second kappa shape index (κ2) is 4.50. The fraction of sp³-hybridized carbons (Fsp3) is 0.889. The lowest BCUT2D eigenvalue weighted by Gasteiger charge is -2.09. The zero-order valence-electron chi connectivity index (χ0n) is 6.88. The molecule has 1 N–H and O–H groups in total. The molecule has 1 atom stereocenters. The quantitative estimate of drug-likeness (QED) is 0.615. The van der Waals surface area contributed by atoms with E-state index in [0.717, 1.165) is 32.1 Å². The standard InChI is InChI=1S/C9H16O2/c10-6-5-8-3-1-2-4-9(11)7-8/h8,10H,1-7H2/t8-/m1/s1. The molecule has 0 spiro atoms. The number of rotatable bonds is 2. The molecule has 1 aliphatic carbocycles. The molecular weight excluding hydrogens is 140 g/mol. The number of Topliss-reactive ketones (excluding diaryl/α,β-unsaturated/α-hetero) is 1. The Balaban J connectivity index is 2.33. The van der Waals surface area contributed by atoms with Gasteiger partial charge in [-0.3, -0.25) is 4.79 Å². The van der Waals surface area contributed by atoms with Gasteiger partial charge in [0.15, 0.2) is 0 Å². The van der Waals surface area contributed by atoms with Crippen LogP contribution in [0.25, 0.3) is 0 Å². The fourth-order valence-corrected chi connectivity index (χ4v) is 1.71. The number of ketones is 1. The molecule has 0 saturated heterocycles. The van der Waals surface area contributed by atoms with Gasteiger partial charge in [0.2, 0.25) is 0 Å². The highest BCUT2D eigenvalue weighted by atomic mass is 16.3. The first-order chi connectivity index (χ1) is 5.33. The molecule has 0 aromatic rings. The minimum atomic E-state index is 0.234. The molecular formula is C9H16O2.